The number of aliphatic hydroxyl groups excluding tert-OH is 2. The lowest BCUT2D eigenvalue weighted by molar-refractivity contribution is 0.282. The predicted octanol–water partition coefficient (Wildman–Crippen LogP) is 2.46. The minimum atomic E-state index is -1.43. The first-order valence-corrected chi connectivity index (χ1v) is 11.0. The van der Waals surface area contributed by atoms with Gasteiger partial charge in [0, 0.05) is 18.5 Å². The first-order valence-electron chi connectivity index (χ1n) is 9.69. The minimum Gasteiger partial charge on any atom is -0.496 e. The van der Waals surface area contributed by atoms with Crippen LogP contribution in [0.15, 0.2) is 54.6 Å². The largest absolute Gasteiger partial charge is 0.496 e. The Bertz CT molecular complexity index is 838. The molecule has 0 aliphatic carbocycles. The van der Waals surface area contributed by atoms with Gasteiger partial charge in [-0.25, -0.2) is 0 Å². The van der Waals surface area contributed by atoms with Gasteiger partial charge in [0.1, 0.15) is 23.0 Å². The van der Waals surface area contributed by atoms with Crippen LogP contribution in [0.5, 0.6) is 23.0 Å². The summed E-state index contributed by atoms with van der Waals surface area (Å²) in [5.74, 6) is 2.52. The van der Waals surface area contributed by atoms with Gasteiger partial charge in [-0.1, -0.05) is 30.3 Å². The molecular weight excluding hydrogens is 415 g/mol. The predicted molar refractivity (Wildman–Crippen MR) is 123 cm³/mol. The van der Waals surface area contributed by atoms with Crippen molar-refractivity contribution in [1.29, 1.82) is 0 Å². The van der Waals surface area contributed by atoms with Gasteiger partial charge in [0.25, 0.3) is 0 Å². The Morgan fingerprint density at radius 1 is 0.548 bits per heavy atom. The van der Waals surface area contributed by atoms with Gasteiger partial charge in [0.05, 0.1) is 47.0 Å². The van der Waals surface area contributed by atoms with Crippen molar-refractivity contribution < 1.29 is 29.2 Å². The molecule has 0 aliphatic rings. The molecule has 3 rings (SSSR count). The van der Waals surface area contributed by atoms with Gasteiger partial charge in [0.15, 0.2) is 0 Å². The quantitative estimate of drug-likeness (QED) is 0.496. The highest BCUT2D eigenvalue weighted by Gasteiger charge is 2.32. The van der Waals surface area contributed by atoms with Gasteiger partial charge < -0.3 is 29.2 Å². The van der Waals surface area contributed by atoms with Gasteiger partial charge in [-0.3, -0.25) is 0 Å². The Balaban J connectivity index is 2.52. The number of hydrogen-bond donors (Lipinski definition) is 2. The van der Waals surface area contributed by atoms with Crippen LogP contribution in [-0.4, -0.2) is 38.7 Å². The van der Waals surface area contributed by atoms with Crippen LogP contribution in [0.25, 0.3) is 0 Å². The third-order valence-corrected chi connectivity index (χ3v) is 7.82. The number of methoxy groups -OCH3 is 4. The van der Waals surface area contributed by atoms with E-state index in [2.05, 4.69) is 0 Å². The molecular formula is C24H27O6P. The van der Waals surface area contributed by atoms with Gasteiger partial charge in [-0.05, 0) is 35.4 Å². The average molecular weight is 442 g/mol. The number of hydrogen-bond acceptors (Lipinski definition) is 6. The Morgan fingerprint density at radius 3 is 1.19 bits per heavy atom. The Morgan fingerprint density at radius 2 is 0.871 bits per heavy atom. The van der Waals surface area contributed by atoms with Crippen LogP contribution in [0.3, 0.4) is 0 Å². The lowest BCUT2D eigenvalue weighted by Gasteiger charge is -2.29. The van der Waals surface area contributed by atoms with E-state index in [1.165, 1.54) is 0 Å². The summed E-state index contributed by atoms with van der Waals surface area (Å²) in [6.07, 6.45) is 0. The zero-order valence-electron chi connectivity index (χ0n) is 18.1. The molecule has 3 aromatic carbocycles. The molecule has 164 valence electrons. The van der Waals surface area contributed by atoms with Gasteiger partial charge in [-0.2, -0.15) is 0 Å². The fraction of sp³-hybridized carbons (Fsp3) is 0.250. The van der Waals surface area contributed by atoms with Crippen molar-refractivity contribution in [1.82, 2.24) is 0 Å². The monoisotopic (exact) mass is 442 g/mol. The molecule has 2 N–H and O–H groups in total. The van der Waals surface area contributed by atoms with E-state index in [-0.39, 0.29) is 13.2 Å². The molecule has 0 saturated heterocycles. The summed E-state index contributed by atoms with van der Waals surface area (Å²) in [6, 6.07) is 16.7. The number of benzene rings is 3. The first-order chi connectivity index (χ1) is 15.1. The highest BCUT2D eigenvalue weighted by molar-refractivity contribution is 7.80. The molecule has 0 bridgehead atoms. The third-order valence-electron chi connectivity index (χ3n) is 5.02. The molecule has 31 heavy (non-hydrogen) atoms. The van der Waals surface area contributed by atoms with Gasteiger partial charge in [0.2, 0.25) is 0 Å². The molecule has 3 aromatic rings. The zero-order valence-corrected chi connectivity index (χ0v) is 19.0. The fourth-order valence-corrected chi connectivity index (χ4v) is 6.70. The fourth-order valence-electron chi connectivity index (χ4n) is 3.62. The second-order valence-electron chi connectivity index (χ2n) is 6.60. The molecule has 0 aliphatic heterocycles. The standard InChI is InChI=1S/C24H27O6P/c1-27-18-10-5-8-16(14-25)22(18)31(23-17(15-26)9-6-11-19(23)28-2)24-20(29-3)12-7-13-21(24)30-4/h5-13,25-26H,14-15H2,1-4H3. The maximum absolute atomic E-state index is 10.2. The highest BCUT2D eigenvalue weighted by Crippen LogP contribution is 2.46. The number of aliphatic hydroxyl groups is 2. The van der Waals surface area contributed by atoms with Crippen LogP contribution in [0.4, 0.5) is 0 Å². The van der Waals surface area contributed by atoms with Crippen molar-refractivity contribution in [2.45, 2.75) is 13.2 Å². The van der Waals surface area contributed by atoms with E-state index in [0.717, 1.165) is 15.9 Å². The minimum absolute atomic E-state index is 0.174. The average Bonchev–Trinajstić information content (AvgIpc) is 2.83. The topological polar surface area (TPSA) is 77.4 Å². The molecule has 0 spiro atoms. The van der Waals surface area contributed by atoms with Crippen LogP contribution in [0.1, 0.15) is 11.1 Å². The SMILES string of the molecule is COc1cccc(CO)c1P(c1c(CO)cccc1OC)c1c(OC)cccc1OC. The smallest absolute Gasteiger partial charge is 0.130 e. The van der Waals surface area contributed by atoms with E-state index in [1.54, 1.807) is 28.4 Å². The molecule has 0 amide bonds. The van der Waals surface area contributed by atoms with Crippen LogP contribution in [-0.2, 0) is 13.2 Å². The molecule has 7 heteroatoms. The van der Waals surface area contributed by atoms with E-state index in [4.69, 9.17) is 18.9 Å². The maximum atomic E-state index is 10.2. The first kappa shape index (κ1) is 22.9. The van der Waals surface area contributed by atoms with E-state index >= 15 is 0 Å². The molecule has 0 unspecified atom stereocenters. The molecule has 0 radical (unpaired) electrons. The normalized spacial score (nSPS) is 10.8. The zero-order chi connectivity index (χ0) is 22.4. The molecule has 0 heterocycles. The van der Waals surface area contributed by atoms with E-state index < -0.39 is 7.92 Å². The van der Waals surface area contributed by atoms with Crippen LogP contribution in [0.2, 0.25) is 0 Å². The molecule has 0 atom stereocenters. The number of ether oxygens (including phenoxy) is 4. The van der Waals surface area contributed by atoms with Crippen molar-refractivity contribution in [2.75, 3.05) is 28.4 Å². The van der Waals surface area contributed by atoms with Crippen molar-refractivity contribution in [3.63, 3.8) is 0 Å². The molecule has 0 saturated carbocycles. The molecule has 0 fully saturated rings. The van der Waals surface area contributed by atoms with E-state index in [1.807, 2.05) is 54.6 Å². The Hall–Kier alpha value is -2.79. The number of rotatable bonds is 9. The summed E-state index contributed by atoms with van der Waals surface area (Å²) in [6.45, 7) is -0.348. The molecule has 0 aromatic heterocycles. The lowest BCUT2D eigenvalue weighted by atomic mass is 10.2. The van der Waals surface area contributed by atoms with Crippen molar-refractivity contribution in [3.05, 3.63) is 65.7 Å². The summed E-state index contributed by atoms with van der Waals surface area (Å²) >= 11 is 0. The van der Waals surface area contributed by atoms with Crippen molar-refractivity contribution in [2.24, 2.45) is 0 Å². The van der Waals surface area contributed by atoms with Crippen LogP contribution < -0.4 is 34.9 Å². The summed E-state index contributed by atoms with van der Waals surface area (Å²) in [7, 11) is 4.99. The van der Waals surface area contributed by atoms with Crippen LogP contribution in [0, 0.1) is 0 Å². The van der Waals surface area contributed by atoms with E-state index in [0.29, 0.717) is 34.1 Å². The van der Waals surface area contributed by atoms with Gasteiger partial charge in [-0.15, -0.1) is 0 Å². The van der Waals surface area contributed by atoms with Crippen molar-refractivity contribution in [3.8, 4) is 23.0 Å². The second kappa shape index (κ2) is 10.5. The van der Waals surface area contributed by atoms with Gasteiger partial charge >= 0.3 is 0 Å². The second-order valence-corrected chi connectivity index (χ2v) is 8.61. The van der Waals surface area contributed by atoms with E-state index in [9.17, 15) is 10.2 Å². The summed E-state index contributed by atoms with van der Waals surface area (Å²) in [5, 5.41) is 22.8. The lowest BCUT2D eigenvalue weighted by Crippen LogP contribution is -2.29. The maximum Gasteiger partial charge on any atom is 0.130 e. The third kappa shape index (κ3) is 4.33. The van der Waals surface area contributed by atoms with Crippen LogP contribution >= 0.6 is 7.92 Å². The summed E-state index contributed by atoms with van der Waals surface area (Å²) < 4.78 is 22.9. The molecule has 6 nitrogen and oxygen atoms in total. The highest BCUT2D eigenvalue weighted by atomic mass is 31.1. The summed E-state index contributed by atoms with van der Waals surface area (Å²) in [4.78, 5) is 0. The Labute approximate surface area is 183 Å². The van der Waals surface area contributed by atoms with Crippen molar-refractivity contribution >= 4 is 23.8 Å². The Kier molecular flexibility index (Phi) is 7.75. The summed E-state index contributed by atoms with van der Waals surface area (Å²) in [5.41, 5.74) is 1.43.